The third kappa shape index (κ3) is 3.19. The molecule has 3 heterocycles. The summed E-state index contributed by atoms with van der Waals surface area (Å²) < 4.78 is 15.0. The molecule has 9 rings (SSSR count). The molecule has 0 radical (unpaired) electrons. The number of rotatable bonds is 2. The van der Waals surface area contributed by atoms with Crippen molar-refractivity contribution in [1.82, 2.24) is 4.57 Å². The maximum absolute atomic E-state index is 9.69. The first kappa shape index (κ1) is 23.4. The summed E-state index contributed by atoms with van der Waals surface area (Å²) in [6.07, 6.45) is 0. The van der Waals surface area contributed by atoms with E-state index in [1.54, 1.807) is 0 Å². The Morgan fingerprint density at radius 1 is 0.628 bits per heavy atom. The molecule has 0 spiro atoms. The van der Waals surface area contributed by atoms with Gasteiger partial charge in [-0.25, -0.2) is 4.85 Å². The molecule has 0 N–H and O–H groups in total. The molecule has 0 amide bonds. The van der Waals surface area contributed by atoms with Crippen LogP contribution in [-0.2, 0) is 0 Å². The van der Waals surface area contributed by atoms with Crippen LogP contribution in [0.4, 0.5) is 5.69 Å². The lowest BCUT2D eigenvalue weighted by molar-refractivity contribution is 0.668. The van der Waals surface area contributed by atoms with Gasteiger partial charge in [-0.1, -0.05) is 72.8 Å². The average molecular weight is 550 g/mol. The van der Waals surface area contributed by atoms with E-state index in [2.05, 4.69) is 57.9 Å². The number of benzene rings is 6. The predicted octanol–water partition coefficient (Wildman–Crippen LogP) is 10.7. The van der Waals surface area contributed by atoms with Crippen LogP contribution in [0.15, 0.2) is 124 Å². The average Bonchev–Trinajstić information content (AvgIpc) is 3.73. The van der Waals surface area contributed by atoms with Gasteiger partial charge >= 0.3 is 0 Å². The van der Waals surface area contributed by atoms with E-state index >= 15 is 0 Å². The van der Waals surface area contributed by atoms with Crippen molar-refractivity contribution < 1.29 is 8.83 Å². The quantitative estimate of drug-likeness (QED) is 0.202. The minimum atomic E-state index is 0.458. The van der Waals surface area contributed by atoms with Crippen molar-refractivity contribution in [2.45, 2.75) is 0 Å². The van der Waals surface area contributed by atoms with Gasteiger partial charge in [0.25, 0.3) is 0 Å². The van der Waals surface area contributed by atoms with Crippen LogP contribution in [0.25, 0.3) is 87.3 Å². The summed E-state index contributed by atoms with van der Waals surface area (Å²) in [5.74, 6) is 0. The molecule has 0 aliphatic heterocycles. The van der Waals surface area contributed by atoms with Crippen molar-refractivity contribution in [1.29, 1.82) is 5.26 Å². The molecule has 0 aliphatic carbocycles. The van der Waals surface area contributed by atoms with Crippen molar-refractivity contribution in [3.63, 3.8) is 0 Å². The van der Waals surface area contributed by atoms with Crippen LogP contribution in [-0.4, -0.2) is 4.57 Å². The summed E-state index contributed by atoms with van der Waals surface area (Å²) in [5, 5.41) is 15.8. The zero-order valence-electron chi connectivity index (χ0n) is 22.6. The summed E-state index contributed by atoms with van der Waals surface area (Å²) in [4.78, 5) is 3.82. The number of nitrogens with zero attached hydrogens (tertiary/aromatic N) is 3. The molecule has 43 heavy (non-hydrogen) atoms. The third-order valence-corrected chi connectivity index (χ3v) is 8.46. The highest BCUT2D eigenvalue weighted by molar-refractivity contribution is 6.19. The standard InChI is InChI=1S/C38H19N3O2/c1-40-30-18-17-24(23-14-16-28-27-8-3-5-12-34(27)42-35(28)20-23)36-29-9-6-11-32(37(29)43-38(30)36)41-31-10-4-2-7-25(31)26-15-13-22(21-39)19-33(26)41/h2-20H. The molecule has 3 aromatic heterocycles. The van der Waals surface area contributed by atoms with Gasteiger partial charge in [0, 0.05) is 32.3 Å². The third-order valence-electron chi connectivity index (χ3n) is 8.46. The van der Waals surface area contributed by atoms with Gasteiger partial charge in [-0.05, 0) is 53.6 Å². The minimum Gasteiger partial charge on any atom is -0.465 e. The van der Waals surface area contributed by atoms with E-state index < -0.39 is 0 Å². The molecule has 0 unspecified atom stereocenters. The molecular weight excluding hydrogens is 530 g/mol. The Labute approximate surface area is 244 Å². The van der Waals surface area contributed by atoms with Gasteiger partial charge in [-0.2, -0.15) is 5.26 Å². The number of hydrogen-bond donors (Lipinski definition) is 0. The largest absolute Gasteiger partial charge is 0.465 e. The highest BCUT2D eigenvalue weighted by Crippen LogP contribution is 2.45. The molecule has 0 atom stereocenters. The molecule has 5 nitrogen and oxygen atoms in total. The number of nitriles is 1. The van der Waals surface area contributed by atoms with Gasteiger partial charge in [0.05, 0.1) is 34.9 Å². The molecule has 0 aliphatic rings. The van der Waals surface area contributed by atoms with Crippen LogP contribution in [0, 0.1) is 17.9 Å². The first-order chi connectivity index (χ1) is 21.2. The highest BCUT2D eigenvalue weighted by Gasteiger charge is 2.21. The second-order valence-corrected chi connectivity index (χ2v) is 10.7. The molecule has 6 aromatic carbocycles. The number of furan rings is 2. The van der Waals surface area contributed by atoms with E-state index in [-0.39, 0.29) is 0 Å². The van der Waals surface area contributed by atoms with Gasteiger partial charge in [0.1, 0.15) is 16.7 Å². The molecule has 5 heteroatoms. The zero-order valence-corrected chi connectivity index (χ0v) is 22.6. The van der Waals surface area contributed by atoms with Crippen LogP contribution in [0.1, 0.15) is 5.56 Å². The Morgan fingerprint density at radius 2 is 1.40 bits per heavy atom. The normalized spacial score (nSPS) is 11.7. The van der Waals surface area contributed by atoms with Gasteiger partial charge in [-0.3, -0.25) is 0 Å². The molecule has 0 saturated heterocycles. The SMILES string of the molecule is [C-]#[N+]c1ccc(-c2ccc3c(c2)oc2ccccc23)c2c1oc1c(-n3c4ccccc4c4ccc(C#N)cc43)cccc12. The van der Waals surface area contributed by atoms with E-state index in [9.17, 15) is 5.26 Å². The van der Waals surface area contributed by atoms with Crippen molar-refractivity contribution in [3.05, 3.63) is 132 Å². The summed E-state index contributed by atoms with van der Waals surface area (Å²) in [6.45, 7) is 7.91. The fourth-order valence-electron chi connectivity index (χ4n) is 6.57. The first-order valence-electron chi connectivity index (χ1n) is 13.9. The van der Waals surface area contributed by atoms with Crippen molar-refractivity contribution in [3.8, 4) is 22.9 Å². The van der Waals surface area contributed by atoms with Crippen LogP contribution >= 0.6 is 0 Å². The molecular formula is C38H19N3O2. The van der Waals surface area contributed by atoms with Crippen LogP contribution in [0.2, 0.25) is 0 Å². The highest BCUT2D eigenvalue weighted by atomic mass is 16.3. The number of fused-ring (bicyclic) bond motifs is 9. The van der Waals surface area contributed by atoms with Crippen LogP contribution < -0.4 is 0 Å². The summed E-state index contributed by atoms with van der Waals surface area (Å²) in [5.41, 5.74) is 8.70. The van der Waals surface area contributed by atoms with Crippen molar-refractivity contribution in [2.75, 3.05) is 0 Å². The van der Waals surface area contributed by atoms with E-state index in [1.807, 2.05) is 72.8 Å². The molecule has 9 aromatic rings. The molecule has 198 valence electrons. The monoisotopic (exact) mass is 549 g/mol. The van der Waals surface area contributed by atoms with Gasteiger partial charge in [0.2, 0.25) is 5.69 Å². The number of para-hydroxylation sites is 3. The number of hydrogen-bond acceptors (Lipinski definition) is 3. The Hall–Kier alpha value is -6.30. The van der Waals surface area contributed by atoms with Crippen LogP contribution in [0.5, 0.6) is 0 Å². The Kier molecular flexibility index (Phi) is 4.68. The summed E-state index contributed by atoms with van der Waals surface area (Å²) in [6, 6.07) is 40.6. The maximum atomic E-state index is 9.69. The second kappa shape index (κ2) is 8.60. The topological polar surface area (TPSA) is 59.4 Å². The Balaban J connectivity index is 1.37. The first-order valence-corrected chi connectivity index (χ1v) is 13.9. The Morgan fingerprint density at radius 3 is 2.28 bits per heavy atom. The zero-order chi connectivity index (χ0) is 28.7. The molecule has 0 saturated carbocycles. The Bertz CT molecular complexity index is 2710. The van der Waals surface area contributed by atoms with Gasteiger partial charge in [-0.15, -0.1) is 0 Å². The van der Waals surface area contributed by atoms with Gasteiger partial charge < -0.3 is 13.4 Å². The predicted molar refractivity (Wildman–Crippen MR) is 172 cm³/mol. The molecule has 0 bridgehead atoms. The smallest absolute Gasteiger partial charge is 0.229 e. The number of aromatic nitrogens is 1. The van der Waals surface area contributed by atoms with E-state index in [1.165, 1.54) is 0 Å². The lowest BCUT2D eigenvalue weighted by atomic mass is 9.97. The lowest BCUT2D eigenvalue weighted by Crippen LogP contribution is -1.94. The van der Waals surface area contributed by atoms with E-state index in [0.29, 0.717) is 22.4 Å². The van der Waals surface area contributed by atoms with E-state index in [0.717, 1.165) is 71.3 Å². The summed E-state index contributed by atoms with van der Waals surface area (Å²) >= 11 is 0. The minimum absolute atomic E-state index is 0.458. The van der Waals surface area contributed by atoms with Crippen LogP contribution in [0.3, 0.4) is 0 Å². The van der Waals surface area contributed by atoms with Gasteiger partial charge in [0.15, 0.2) is 5.58 Å². The maximum Gasteiger partial charge on any atom is 0.229 e. The lowest BCUT2D eigenvalue weighted by Gasteiger charge is -2.09. The fraction of sp³-hybridized carbons (Fsp3) is 0. The second-order valence-electron chi connectivity index (χ2n) is 10.7. The van der Waals surface area contributed by atoms with Crippen molar-refractivity contribution in [2.24, 2.45) is 0 Å². The molecule has 0 fully saturated rings. The summed E-state index contributed by atoms with van der Waals surface area (Å²) in [7, 11) is 0. The fourth-order valence-corrected chi connectivity index (χ4v) is 6.57. The van der Waals surface area contributed by atoms with E-state index in [4.69, 9.17) is 15.4 Å². The van der Waals surface area contributed by atoms with Crippen molar-refractivity contribution >= 4 is 71.4 Å².